The van der Waals surface area contributed by atoms with Gasteiger partial charge < -0.3 is 5.32 Å². The minimum absolute atomic E-state index is 0.495. The van der Waals surface area contributed by atoms with Gasteiger partial charge in [0.1, 0.15) is 0 Å². The summed E-state index contributed by atoms with van der Waals surface area (Å²) in [6, 6.07) is 0.495. The molecule has 1 unspecified atom stereocenters. The summed E-state index contributed by atoms with van der Waals surface area (Å²) >= 11 is 0. The van der Waals surface area contributed by atoms with Crippen LogP contribution in [0.3, 0.4) is 0 Å². The SMILES string of the molecule is C#CCC(NCC)C(C)C. The van der Waals surface area contributed by atoms with Gasteiger partial charge in [-0.05, 0) is 12.5 Å². The lowest BCUT2D eigenvalue weighted by Gasteiger charge is -2.18. The van der Waals surface area contributed by atoms with Crippen LogP contribution in [0.2, 0.25) is 0 Å². The van der Waals surface area contributed by atoms with Gasteiger partial charge in [-0.25, -0.2) is 0 Å². The van der Waals surface area contributed by atoms with Gasteiger partial charge in [0.2, 0.25) is 0 Å². The van der Waals surface area contributed by atoms with Crippen LogP contribution in [0, 0.1) is 18.3 Å². The molecule has 0 saturated carbocycles. The van der Waals surface area contributed by atoms with E-state index in [-0.39, 0.29) is 0 Å². The number of hydrogen-bond donors (Lipinski definition) is 1. The van der Waals surface area contributed by atoms with E-state index in [0.717, 1.165) is 13.0 Å². The monoisotopic (exact) mass is 139 g/mol. The maximum Gasteiger partial charge on any atom is 0.0243 e. The molecule has 10 heavy (non-hydrogen) atoms. The largest absolute Gasteiger partial charge is 0.313 e. The molecule has 0 aliphatic heterocycles. The number of rotatable bonds is 4. The molecule has 1 nitrogen and oxygen atoms in total. The molecule has 0 aromatic rings. The fourth-order valence-electron chi connectivity index (χ4n) is 0.933. The summed E-state index contributed by atoms with van der Waals surface area (Å²) in [6.07, 6.45) is 6.05. The summed E-state index contributed by atoms with van der Waals surface area (Å²) in [5, 5.41) is 3.34. The maximum absolute atomic E-state index is 5.21. The van der Waals surface area contributed by atoms with E-state index in [0.29, 0.717) is 12.0 Å². The molecular formula is C9H17N. The van der Waals surface area contributed by atoms with Crippen LogP contribution in [0.1, 0.15) is 27.2 Å². The van der Waals surface area contributed by atoms with E-state index in [1.54, 1.807) is 0 Å². The average Bonchev–Trinajstić information content (AvgIpc) is 1.87. The van der Waals surface area contributed by atoms with Crippen molar-refractivity contribution in [2.75, 3.05) is 6.54 Å². The van der Waals surface area contributed by atoms with Crippen molar-refractivity contribution in [1.82, 2.24) is 5.32 Å². The first kappa shape index (κ1) is 9.52. The normalized spacial score (nSPS) is 13.1. The van der Waals surface area contributed by atoms with Crippen molar-refractivity contribution < 1.29 is 0 Å². The van der Waals surface area contributed by atoms with Crippen molar-refractivity contribution in [3.8, 4) is 12.3 Å². The minimum Gasteiger partial charge on any atom is -0.313 e. The van der Waals surface area contributed by atoms with Crippen LogP contribution in [-0.4, -0.2) is 12.6 Å². The van der Waals surface area contributed by atoms with Gasteiger partial charge in [0.25, 0.3) is 0 Å². The summed E-state index contributed by atoms with van der Waals surface area (Å²) in [4.78, 5) is 0. The summed E-state index contributed by atoms with van der Waals surface area (Å²) in [6.45, 7) is 7.48. The molecule has 0 aromatic carbocycles. The van der Waals surface area contributed by atoms with E-state index in [2.05, 4.69) is 32.0 Å². The van der Waals surface area contributed by atoms with Gasteiger partial charge >= 0.3 is 0 Å². The zero-order valence-corrected chi connectivity index (χ0v) is 7.15. The van der Waals surface area contributed by atoms with Crippen LogP contribution in [0.15, 0.2) is 0 Å². The summed E-state index contributed by atoms with van der Waals surface area (Å²) in [5.74, 6) is 3.31. The molecule has 1 heteroatoms. The van der Waals surface area contributed by atoms with Crippen molar-refractivity contribution in [3.05, 3.63) is 0 Å². The van der Waals surface area contributed by atoms with E-state index < -0.39 is 0 Å². The van der Waals surface area contributed by atoms with E-state index in [1.807, 2.05) is 0 Å². The number of nitrogens with one attached hydrogen (secondary N) is 1. The summed E-state index contributed by atoms with van der Waals surface area (Å²) in [5.41, 5.74) is 0. The predicted octanol–water partition coefficient (Wildman–Crippen LogP) is 1.64. The lowest BCUT2D eigenvalue weighted by molar-refractivity contribution is 0.415. The molecule has 58 valence electrons. The molecule has 0 fully saturated rings. The Bertz CT molecular complexity index is 110. The lowest BCUT2D eigenvalue weighted by atomic mass is 10.0. The third-order valence-electron chi connectivity index (χ3n) is 1.61. The molecule has 0 rings (SSSR count). The zero-order valence-electron chi connectivity index (χ0n) is 7.15. The van der Waals surface area contributed by atoms with Gasteiger partial charge in [-0.2, -0.15) is 0 Å². The van der Waals surface area contributed by atoms with Crippen LogP contribution in [0.5, 0.6) is 0 Å². The topological polar surface area (TPSA) is 12.0 Å². The fraction of sp³-hybridized carbons (Fsp3) is 0.778. The Hall–Kier alpha value is -0.480. The highest BCUT2D eigenvalue weighted by Gasteiger charge is 2.08. The van der Waals surface area contributed by atoms with Gasteiger partial charge in [-0.3, -0.25) is 0 Å². The molecular weight excluding hydrogens is 122 g/mol. The average molecular weight is 139 g/mol. The standard InChI is InChI=1S/C9H17N/c1-5-7-9(8(3)4)10-6-2/h1,8-10H,6-7H2,2-4H3. The van der Waals surface area contributed by atoms with Crippen molar-refractivity contribution in [1.29, 1.82) is 0 Å². The molecule has 0 saturated heterocycles. The minimum atomic E-state index is 0.495. The Kier molecular flexibility index (Phi) is 5.06. The molecule has 0 radical (unpaired) electrons. The van der Waals surface area contributed by atoms with Gasteiger partial charge in [-0.1, -0.05) is 20.8 Å². The quantitative estimate of drug-likeness (QED) is 0.584. The molecule has 0 amide bonds. The predicted molar refractivity (Wildman–Crippen MR) is 45.8 cm³/mol. The molecule has 1 N–H and O–H groups in total. The van der Waals surface area contributed by atoms with E-state index in [4.69, 9.17) is 6.42 Å². The van der Waals surface area contributed by atoms with E-state index in [9.17, 15) is 0 Å². The van der Waals surface area contributed by atoms with Crippen molar-refractivity contribution >= 4 is 0 Å². The Morgan fingerprint density at radius 3 is 2.40 bits per heavy atom. The Morgan fingerprint density at radius 2 is 2.10 bits per heavy atom. The Balaban J connectivity index is 3.63. The van der Waals surface area contributed by atoms with Crippen LogP contribution in [0.4, 0.5) is 0 Å². The smallest absolute Gasteiger partial charge is 0.0243 e. The van der Waals surface area contributed by atoms with Crippen molar-refractivity contribution in [2.24, 2.45) is 5.92 Å². The van der Waals surface area contributed by atoms with Crippen LogP contribution in [-0.2, 0) is 0 Å². The highest BCUT2D eigenvalue weighted by molar-refractivity contribution is 4.90. The first-order chi connectivity index (χ1) is 4.72. The third kappa shape index (κ3) is 3.53. The van der Waals surface area contributed by atoms with Gasteiger partial charge in [0.05, 0.1) is 0 Å². The van der Waals surface area contributed by atoms with Gasteiger partial charge in [0, 0.05) is 12.5 Å². The molecule has 0 bridgehead atoms. The van der Waals surface area contributed by atoms with Crippen LogP contribution < -0.4 is 5.32 Å². The second-order valence-electron chi connectivity index (χ2n) is 2.82. The molecule has 1 atom stereocenters. The van der Waals surface area contributed by atoms with Gasteiger partial charge in [0.15, 0.2) is 0 Å². The van der Waals surface area contributed by atoms with Crippen molar-refractivity contribution in [2.45, 2.75) is 33.2 Å². The number of terminal acetylenes is 1. The van der Waals surface area contributed by atoms with Crippen LogP contribution in [0.25, 0.3) is 0 Å². The summed E-state index contributed by atoms with van der Waals surface area (Å²) in [7, 11) is 0. The second kappa shape index (κ2) is 5.32. The summed E-state index contributed by atoms with van der Waals surface area (Å²) < 4.78 is 0. The Labute approximate surface area is 64.2 Å². The highest BCUT2D eigenvalue weighted by Crippen LogP contribution is 2.03. The maximum atomic E-state index is 5.21. The van der Waals surface area contributed by atoms with Gasteiger partial charge in [-0.15, -0.1) is 12.3 Å². The zero-order chi connectivity index (χ0) is 7.98. The lowest BCUT2D eigenvalue weighted by Crippen LogP contribution is -2.33. The van der Waals surface area contributed by atoms with E-state index in [1.165, 1.54) is 0 Å². The molecule has 0 aromatic heterocycles. The first-order valence-corrected chi connectivity index (χ1v) is 3.89. The number of hydrogen-bond acceptors (Lipinski definition) is 1. The highest BCUT2D eigenvalue weighted by atomic mass is 14.9. The molecule has 0 aliphatic rings. The molecule has 0 aliphatic carbocycles. The fourth-order valence-corrected chi connectivity index (χ4v) is 0.933. The van der Waals surface area contributed by atoms with Crippen LogP contribution >= 0.6 is 0 Å². The molecule has 0 heterocycles. The van der Waals surface area contributed by atoms with Crippen molar-refractivity contribution in [3.63, 3.8) is 0 Å². The Morgan fingerprint density at radius 1 is 1.50 bits per heavy atom. The molecule has 0 spiro atoms. The second-order valence-corrected chi connectivity index (χ2v) is 2.82. The third-order valence-corrected chi connectivity index (χ3v) is 1.61. The van der Waals surface area contributed by atoms with E-state index >= 15 is 0 Å². The first-order valence-electron chi connectivity index (χ1n) is 3.89.